The molecule has 1 saturated heterocycles. The molecule has 0 saturated carbocycles. The number of hydrogen-bond acceptors (Lipinski definition) is 3. The largest absolute Gasteiger partial charge is 0.338 e. The van der Waals surface area contributed by atoms with E-state index in [9.17, 15) is 9.59 Å². The zero-order valence-corrected chi connectivity index (χ0v) is 9.76. The summed E-state index contributed by atoms with van der Waals surface area (Å²) >= 11 is 4.05. The van der Waals surface area contributed by atoms with Crippen LogP contribution in [0.15, 0.2) is 0 Å². The fraction of sp³-hybridized carbons (Fsp3) is 0.800. The molecule has 1 rings (SSSR count). The summed E-state index contributed by atoms with van der Waals surface area (Å²) in [5, 5.41) is 2.73. The molecule has 0 unspecified atom stereocenters. The monoisotopic (exact) mass is 230 g/mol. The maximum absolute atomic E-state index is 11.6. The lowest BCUT2D eigenvalue weighted by atomic mass is 10.2. The SMILES string of the molecule is O=C1CCCCCN1C(=O)NCCCS. The average Bonchev–Trinajstić information content (AvgIpc) is 2.43. The van der Waals surface area contributed by atoms with Crippen molar-refractivity contribution in [2.75, 3.05) is 18.8 Å². The first kappa shape index (κ1) is 12.4. The van der Waals surface area contributed by atoms with Crippen LogP contribution in [0.2, 0.25) is 0 Å². The molecular formula is C10H18N2O2S. The number of rotatable bonds is 3. The summed E-state index contributed by atoms with van der Waals surface area (Å²) in [4.78, 5) is 24.5. The van der Waals surface area contributed by atoms with E-state index >= 15 is 0 Å². The molecule has 0 radical (unpaired) electrons. The third kappa shape index (κ3) is 4.11. The predicted octanol–water partition coefficient (Wildman–Crippen LogP) is 1.42. The smallest absolute Gasteiger partial charge is 0.324 e. The number of amides is 3. The highest BCUT2D eigenvalue weighted by Crippen LogP contribution is 2.10. The van der Waals surface area contributed by atoms with E-state index in [1.54, 1.807) is 0 Å². The van der Waals surface area contributed by atoms with Crippen molar-refractivity contribution in [1.29, 1.82) is 0 Å². The molecule has 15 heavy (non-hydrogen) atoms. The summed E-state index contributed by atoms with van der Waals surface area (Å²) in [6.45, 7) is 1.15. The summed E-state index contributed by atoms with van der Waals surface area (Å²) < 4.78 is 0. The topological polar surface area (TPSA) is 49.4 Å². The highest BCUT2D eigenvalue weighted by atomic mass is 32.1. The highest BCUT2D eigenvalue weighted by molar-refractivity contribution is 7.80. The van der Waals surface area contributed by atoms with E-state index in [0.717, 1.165) is 31.4 Å². The van der Waals surface area contributed by atoms with Crippen molar-refractivity contribution in [3.8, 4) is 0 Å². The van der Waals surface area contributed by atoms with Gasteiger partial charge in [0, 0.05) is 19.5 Å². The van der Waals surface area contributed by atoms with Crippen LogP contribution in [-0.4, -0.2) is 35.7 Å². The van der Waals surface area contributed by atoms with Crippen LogP contribution in [0.3, 0.4) is 0 Å². The highest BCUT2D eigenvalue weighted by Gasteiger charge is 2.22. The molecule has 1 heterocycles. The molecule has 86 valence electrons. The minimum absolute atomic E-state index is 0.0455. The minimum atomic E-state index is -0.247. The Bertz CT molecular complexity index is 233. The van der Waals surface area contributed by atoms with Gasteiger partial charge in [-0.3, -0.25) is 9.69 Å². The van der Waals surface area contributed by atoms with Gasteiger partial charge in [-0.05, 0) is 25.0 Å². The summed E-state index contributed by atoms with van der Waals surface area (Å²) in [6.07, 6.45) is 4.19. The van der Waals surface area contributed by atoms with Crippen LogP contribution in [0, 0.1) is 0 Å². The average molecular weight is 230 g/mol. The van der Waals surface area contributed by atoms with Crippen LogP contribution in [0.5, 0.6) is 0 Å². The van der Waals surface area contributed by atoms with Crippen molar-refractivity contribution >= 4 is 24.6 Å². The maximum atomic E-state index is 11.6. The van der Waals surface area contributed by atoms with Crippen molar-refractivity contribution in [1.82, 2.24) is 10.2 Å². The van der Waals surface area contributed by atoms with Crippen molar-refractivity contribution in [2.45, 2.75) is 32.1 Å². The number of thiol groups is 1. The molecule has 1 aliphatic rings. The Hall–Kier alpha value is -0.710. The van der Waals surface area contributed by atoms with E-state index in [1.807, 2.05) is 0 Å². The van der Waals surface area contributed by atoms with Gasteiger partial charge in [0.05, 0.1) is 0 Å². The zero-order valence-electron chi connectivity index (χ0n) is 8.87. The van der Waals surface area contributed by atoms with Crippen molar-refractivity contribution < 1.29 is 9.59 Å². The number of hydrogen-bond donors (Lipinski definition) is 2. The number of likely N-dealkylation sites (tertiary alicyclic amines) is 1. The fourth-order valence-electron chi connectivity index (χ4n) is 1.57. The van der Waals surface area contributed by atoms with Gasteiger partial charge in [0.25, 0.3) is 0 Å². The van der Waals surface area contributed by atoms with E-state index in [1.165, 1.54) is 4.90 Å². The van der Waals surface area contributed by atoms with E-state index in [4.69, 9.17) is 0 Å². The Morgan fingerprint density at radius 2 is 2.20 bits per heavy atom. The Morgan fingerprint density at radius 3 is 2.93 bits per heavy atom. The number of carbonyl (C=O) groups excluding carboxylic acids is 2. The van der Waals surface area contributed by atoms with Crippen LogP contribution in [-0.2, 0) is 4.79 Å². The molecule has 0 atom stereocenters. The van der Waals surface area contributed by atoms with E-state index in [2.05, 4.69) is 17.9 Å². The summed E-state index contributed by atoms with van der Waals surface area (Å²) in [5.41, 5.74) is 0. The van der Waals surface area contributed by atoms with E-state index < -0.39 is 0 Å². The van der Waals surface area contributed by atoms with Gasteiger partial charge in [-0.25, -0.2) is 4.79 Å². The first-order valence-electron chi connectivity index (χ1n) is 5.45. The molecule has 0 aromatic carbocycles. The summed E-state index contributed by atoms with van der Waals surface area (Å²) in [7, 11) is 0. The maximum Gasteiger partial charge on any atom is 0.324 e. The van der Waals surface area contributed by atoms with Crippen LogP contribution < -0.4 is 5.32 Å². The third-order valence-electron chi connectivity index (χ3n) is 2.43. The second-order valence-electron chi connectivity index (χ2n) is 3.67. The van der Waals surface area contributed by atoms with Gasteiger partial charge in [0.1, 0.15) is 0 Å². The molecule has 0 aliphatic carbocycles. The number of carbonyl (C=O) groups is 2. The van der Waals surface area contributed by atoms with Crippen molar-refractivity contribution in [3.05, 3.63) is 0 Å². The molecule has 0 aromatic rings. The summed E-state index contributed by atoms with van der Waals surface area (Å²) in [6, 6.07) is -0.247. The van der Waals surface area contributed by atoms with Crippen molar-refractivity contribution in [3.63, 3.8) is 0 Å². The Kier molecular flexibility index (Phi) is 5.53. The normalized spacial score (nSPS) is 17.4. The lowest BCUT2D eigenvalue weighted by Crippen LogP contribution is -2.43. The van der Waals surface area contributed by atoms with Crippen LogP contribution in [0.4, 0.5) is 4.79 Å². The molecule has 0 bridgehead atoms. The quantitative estimate of drug-likeness (QED) is 0.569. The number of nitrogens with one attached hydrogen (secondary N) is 1. The third-order valence-corrected chi connectivity index (χ3v) is 2.75. The number of nitrogens with zero attached hydrogens (tertiary/aromatic N) is 1. The van der Waals surface area contributed by atoms with Gasteiger partial charge in [-0.1, -0.05) is 6.42 Å². The Labute approximate surface area is 95.8 Å². The second kappa shape index (κ2) is 6.71. The molecule has 5 heteroatoms. The van der Waals surface area contributed by atoms with Gasteiger partial charge in [-0.15, -0.1) is 0 Å². The lowest BCUT2D eigenvalue weighted by molar-refractivity contribution is -0.127. The van der Waals surface area contributed by atoms with E-state index in [0.29, 0.717) is 19.5 Å². The van der Waals surface area contributed by atoms with Crippen LogP contribution in [0.1, 0.15) is 32.1 Å². The van der Waals surface area contributed by atoms with Crippen molar-refractivity contribution in [2.24, 2.45) is 0 Å². The molecule has 4 nitrogen and oxygen atoms in total. The molecular weight excluding hydrogens is 212 g/mol. The summed E-state index contributed by atoms with van der Waals surface area (Å²) in [5.74, 6) is 0.699. The molecule has 3 amide bonds. The van der Waals surface area contributed by atoms with Gasteiger partial charge in [-0.2, -0.15) is 12.6 Å². The molecule has 0 aromatic heterocycles. The first-order chi connectivity index (χ1) is 7.25. The van der Waals surface area contributed by atoms with Gasteiger partial charge in [0.2, 0.25) is 5.91 Å². The standard InChI is InChI=1S/C10H18N2O2S/c13-9-5-2-1-3-7-12(9)10(14)11-6-4-8-15/h15H,1-8H2,(H,11,14). The molecule has 1 fully saturated rings. The van der Waals surface area contributed by atoms with Gasteiger partial charge >= 0.3 is 6.03 Å². The zero-order chi connectivity index (χ0) is 11.1. The predicted molar refractivity (Wildman–Crippen MR) is 62.0 cm³/mol. The number of urea groups is 1. The first-order valence-corrected chi connectivity index (χ1v) is 6.08. The van der Waals surface area contributed by atoms with Crippen LogP contribution >= 0.6 is 12.6 Å². The Morgan fingerprint density at radius 1 is 1.40 bits per heavy atom. The number of imide groups is 1. The van der Waals surface area contributed by atoms with Crippen LogP contribution in [0.25, 0.3) is 0 Å². The fourth-order valence-corrected chi connectivity index (χ4v) is 1.73. The molecule has 1 N–H and O–H groups in total. The molecule has 1 aliphatic heterocycles. The second-order valence-corrected chi connectivity index (χ2v) is 4.11. The Balaban J connectivity index is 2.38. The van der Waals surface area contributed by atoms with E-state index in [-0.39, 0.29) is 11.9 Å². The van der Waals surface area contributed by atoms with Gasteiger partial charge < -0.3 is 5.32 Å². The minimum Gasteiger partial charge on any atom is -0.338 e. The van der Waals surface area contributed by atoms with Gasteiger partial charge in [0.15, 0.2) is 0 Å². The lowest BCUT2D eigenvalue weighted by Gasteiger charge is -2.18. The molecule has 0 spiro atoms.